The highest BCUT2D eigenvalue weighted by molar-refractivity contribution is 5.81. The molecule has 0 radical (unpaired) electrons. The Balaban J connectivity index is 2.71. The van der Waals surface area contributed by atoms with E-state index < -0.39 is 11.6 Å². The number of carbonyl (C=O) groups is 2. The van der Waals surface area contributed by atoms with Gasteiger partial charge in [-0.15, -0.1) is 0 Å². The maximum Gasteiger partial charge on any atom is 0.410 e. The van der Waals surface area contributed by atoms with Crippen molar-refractivity contribution in [3.8, 4) is 0 Å². The van der Waals surface area contributed by atoms with Gasteiger partial charge in [0, 0.05) is 20.1 Å². The lowest BCUT2D eigenvalue weighted by molar-refractivity contribution is -0.133. The van der Waals surface area contributed by atoms with Crippen LogP contribution in [-0.4, -0.2) is 59.6 Å². The molecule has 0 aromatic rings. The average Bonchev–Trinajstić information content (AvgIpc) is 2.44. The topological polar surface area (TPSA) is 75.9 Å². The highest BCUT2D eigenvalue weighted by Gasteiger charge is 2.32. The van der Waals surface area contributed by atoms with Gasteiger partial charge in [-0.1, -0.05) is 13.8 Å². The zero-order chi connectivity index (χ0) is 17.8. The van der Waals surface area contributed by atoms with E-state index in [-0.39, 0.29) is 24.0 Å². The van der Waals surface area contributed by atoms with E-state index in [1.165, 1.54) is 0 Å². The summed E-state index contributed by atoms with van der Waals surface area (Å²) >= 11 is 0. The van der Waals surface area contributed by atoms with Crippen molar-refractivity contribution >= 4 is 12.0 Å². The van der Waals surface area contributed by atoms with Gasteiger partial charge in [0.1, 0.15) is 5.60 Å². The molecule has 2 atom stereocenters. The number of nitrogens with zero attached hydrogens (tertiary/aromatic N) is 2. The first-order valence-corrected chi connectivity index (χ1v) is 8.53. The third-order valence-corrected chi connectivity index (χ3v) is 4.12. The molecule has 0 saturated carbocycles. The number of carbonyl (C=O) groups excluding carboxylic acids is 2. The molecular formula is C17H33N3O3. The highest BCUT2D eigenvalue weighted by atomic mass is 16.6. The van der Waals surface area contributed by atoms with E-state index in [1.807, 2.05) is 34.6 Å². The second-order valence-electron chi connectivity index (χ2n) is 7.81. The Morgan fingerprint density at radius 2 is 1.91 bits per heavy atom. The number of likely N-dealkylation sites (N-methyl/N-ethyl adjacent to an activating group) is 1. The number of hydrogen-bond acceptors (Lipinski definition) is 4. The predicted molar refractivity (Wildman–Crippen MR) is 91.0 cm³/mol. The van der Waals surface area contributed by atoms with Crippen molar-refractivity contribution in [3.05, 3.63) is 0 Å². The Labute approximate surface area is 140 Å². The van der Waals surface area contributed by atoms with Crippen LogP contribution in [0.15, 0.2) is 0 Å². The van der Waals surface area contributed by atoms with Gasteiger partial charge in [-0.2, -0.15) is 0 Å². The van der Waals surface area contributed by atoms with Gasteiger partial charge in [0.2, 0.25) is 5.91 Å². The first kappa shape index (κ1) is 19.7. The molecule has 1 heterocycles. The third kappa shape index (κ3) is 6.01. The minimum Gasteiger partial charge on any atom is -0.444 e. The van der Waals surface area contributed by atoms with E-state index in [0.717, 1.165) is 19.3 Å². The number of ether oxygens (including phenoxy) is 1. The van der Waals surface area contributed by atoms with Gasteiger partial charge in [0.05, 0.1) is 12.1 Å². The third-order valence-electron chi connectivity index (χ3n) is 4.12. The number of piperidine rings is 1. The maximum absolute atomic E-state index is 12.4. The average molecular weight is 327 g/mol. The van der Waals surface area contributed by atoms with Crippen LogP contribution >= 0.6 is 0 Å². The van der Waals surface area contributed by atoms with E-state index in [0.29, 0.717) is 13.1 Å². The molecule has 1 saturated heterocycles. The lowest BCUT2D eigenvalue weighted by atomic mass is 10.0. The molecule has 1 aliphatic heterocycles. The summed E-state index contributed by atoms with van der Waals surface area (Å²) in [5.41, 5.74) is 5.43. The van der Waals surface area contributed by atoms with Crippen LogP contribution in [0.2, 0.25) is 0 Å². The van der Waals surface area contributed by atoms with E-state index in [9.17, 15) is 9.59 Å². The fraction of sp³-hybridized carbons (Fsp3) is 0.882. The molecule has 0 spiro atoms. The molecule has 0 aliphatic carbocycles. The van der Waals surface area contributed by atoms with Crippen molar-refractivity contribution in [2.75, 3.05) is 20.1 Å². The van der Waals surface area contributed by atoms with E-state index >= 15 is 0 Å². The summed E-state index contributed by atoms with van der Waals surface area (Å²) in [6, 6.07) is -0.509. The smallest absolute Gasteiger partial charge is 0.410 e. The quantitative estimate of drug-likeness (QED) is 0.859. The van der Waals surface area contributed by atoms with Crippen LogP contribution in [0.3, 0.4) is 0 Å². The summed E-state index contributed by atoms with van der Waals surface area (Å²) in [6.45, 7) is 10.6. The standard InChI is InChI=1S/C17H33N3O3/c1-12(2)14(18)15(21)19(6)11-13-9-7-8-10-20(13)16(22)23-17(3,4)5/h12-14H,7-11,18H2,1-6H3. The molecule has 0 aromatic heterocycles. The number of amides is 2. The van der Waals surface area contributed by atoms with Crippen molar-refractivity contribution in [2.24, 2.45) is 11.7 Å². The van der Waals surface area contributed by atoms with Crippen molar-refractivity contribution in [3.63, 3.8) is 0 Å². The molecule has 0 aromatic carbocycles. The Morgan fingerprint density at radius 3 is 2.43 bits per heavy atom. The number of hydrogen-bond donors (Lipinski definition) is 1. The maximum atomic E-state index is 12.4. The highest BCUT2D eigenvalue weighted by Crippen LogP contribution is 2.21. The Morgan fingerprint density at radius 1 is 1.30 bits per heavy atom. The van der Waals surface area contributed by atoms with E-state index in [4.69, 9.17) is 10.5 Å². The lowest BCUT2D eigenvalue weighted by Crippen LogP contribution is -2.53. The number of rotatable bonds is 4. The first-order chi connectivity index (χ1) is 10.5. The van der Waals surface area contributed by atoms with Gasteiger partial charge in [0.25, 0.3) is 0 Å². The Bertz CT molecular complexity index is 418. The molecule has 2 N–H and O–H groups in total. The second kappa shape index (κ2) is 7.99. The van der Waals surface area contributed by atoms with Crippen molar-refractivity contribution in [1.82, 2.24) is 9.80 Å². The van der Waals surface area contributed by atoms with Crippen LogP contribution in [0, 0.1) is 5.92 Å². The first-order valence-electron chi connectivity index (χ1n) is 8.53. The summed E-state index contributed by atoms with van der Waals surface area (Å²) in [6.07, 6.45) is 2.62. The van der Waals surface area contributed by atoms with Gasteiger partial charge >= 0.3 is 6.09 Å². The minimum absolute atomic E-state index is 0.00749. The van der Waals surface area contributed by atoms with E-state index in [1.54, 1.807) is 16.8 Å². The molecule has 2 unspecified atom stereocenters. The Kier molecular flexibility index (Phi) is 6.86. The van der Waals surface area contributed by atoms with Crippen LogP contribution in [0.5, 0.6) is 0 Å². The molecule has 1 fully saturated rings. The van der Waals surface area contributed by atoms with Crippen molar-refractivity contribution in [2.45, 2.75) is 71.6 Å². The van der Waals surface area contributed by atoms with Crippen LogP contribution in [0.1, 0.15) is 53.9 Å². The largest absolute Gasteiger partial charge is 0.444 e. The summed E-state index contributed by atoms with van der Waals surface area (Å²) < 4.78 is 5.49. The fourth-order valence-electron chi connectivity index (χ4n) is 2.70. The summed E-state index contributed by atoms with van der Waals surface area (Å²) in [5.74, 6) is 0.0213. The van der Waals surface area contributed by atoms with Gasteiger partial charge in [0.15, 0.2) is 0 Å². The molecule has 2 amide bonds. The van der Waals surface area contributed by atoms with Gasteiger partial charge in [-0.3, -0.25) is 4.79 Å². The van der Waals surface area contributed by atoms with E-state index in [2.05, 4.69) is 0 Å². The van der Waals surface area contributed by atoms with Gasteiger partial charge in [-0.05, 0) is 46.0 Å². The molecule has 23 heavy (non-hydrogen) atoms. The molecule has 6 nitrogen and oxygen atoms in total. The monoisotopic (exact) mass is 327 g/mol. The number of likely N-dealkylation sites (tertiary alicyclic amines) is 1. The normalized spacial score (nSPS) is 20.3. The Hall–Kier alpha value is -1.30. The van der Waals surface area contributed by atoms with Gasteiger partial charge < -0.3 is 20.3 Å². The SMILES string of the molecule is CC(C)C(N)C(=O)N(C)CC1CCCCN1C(=O)OC(C)(C)C. The van der Waals surface area contributed by atoms with Crippen LogP contribution in [0.25, 0.3) is 0 Å². The molecule has 1 rings (SSSR count). The van der Waals surface area contributed by atoms with Crippen LogP contribution < -0.4 is 5.73 Å². The molecule has 0 bridgehead atoms. The molecular weight excluding hydrogens is 294 g/mol. The summed E-state index contributed by atoms with van der Waals surface area (Å²) in [7, 11) is 1.76. The van der Waals surface area contributed by atoms with Crippen molar-refractivity contribution < 1.29 is 14.3 Å². The molecule has 6 heteroatoms. The van der Waals surface area contributed by atoms with Crippen LogP contribution in [-0.2, 0) is 9.53 Å². The minimum atomic E-state index is -0.513. The zero-order valence-corrected chi connectivity index (χ0v) is 15.5. The predicted octanol–water partition coefficient (Wildman–Crippen LogP) is 2.22. The molecule has 1 aliphatic rings. The lowest BCUT2D eigenvalue weighted by Gasteiger charge is -2.39. The second-order valence-corrected chi connectivity index (χ2v) is 7.81. The summed E-state index contributed by atoms with van der Waals surface area (Å²) in [5, 5.41) is 0. The summed E-state index contributed by atoms with van der Waals surface area (Å²) in [4.78, 5) is 28.1. The van der Waals surface area contributed by atoms with Crippen LogP contribution in [0.4, 0.5) is 4.79 Å². The fourth-order valence-corrected chi connectivity index (χ4v) is 2.70. The van der Waals surface area contributed by atoms with Crippen molar-refractivity contribution in [1.29, 1.82) is 0 Å². The number of nitrogens with two attached hydrogens (primary N) is 1. The zero-order valence-electron chi connectivity index (χ0n) is 15.5. The van der Waals surface area contributed by atoms with Gasteiger partial charge in [-0.25, -0.2) is 4.79 Å². The molecule has 134 valence electrons.